The Morgan fingerprint density at radius 2 is 1.88 bits per heavy atom. The maximum Gasteiger partial charge on any atom is 0.166 e. The Labute approximate surface area is 154 Å². The smallest absolute Gasteiger partial charge is 0.166 e. The fourth-order valence-corrected chi connectivity index (χ4v) is 3.14. The highest BCUT2D eigenvalue weighted by Crippen LogP contribution is 2.29. The van der Waals surface area contributed by atoms with Crippen LogP contribution in [0.3, 0.4) is 0 Å². The summed E-state index contributed by atoms with van der Waals surface area (Å²) in [5, 5.41) is 10.9. The van der Waals surface area contributed by atoms with Gasteiger partial charge in [0.1, 0.15) is 0 Å². The molecule has 0 radical (unpaired) electrons. The van der Waals surface area contributed by atoms with Gasteiger partial charge in [-0.1, -0.05) is 49.7 Å². The van der Waals surface area contributed by atoms with Gasteiger partial charge in [-0.05, 0) is 36.9 Å². The third-order valence-electron chi connectivity index (χ3n) is 4.28. The lowest BCUT2D eigenvalue weighted by Crippen LogP contribution is -2.30. The molecule has 1 N–H and O–H groups in total. The van der Waals surface area contributed by atoms with E-state index in [2.05, 4.69) is 23.7 Å². The van der Waals surface area contributed by atoms with E-state index in [9.17, 15) is 5.11 Å². The fourth-order valence-electron chi connectivity index (χ4n) is 2.88. The largest absolute Gasteiger partial charge is 0.504 e. The van der Waals surface area contributed by atoms with Gasteiger partial charge in [0.05, 0.1) is 19.7 Å². The Kier molecular flexibility index (Phi) is 7.29. The first-order valence-electron chi connectivity index (χ1n) is 8.46. The zero-order chi connectivity index (χ0) is 18.2. The fraction of sp³-hybridized carbons (Fsp3) is 0.350. The molecule has 0 unspecified atom stereocenters. The number of rotatable bonds is 8. The third kappa shape index (κ3) is 4.74. The van der Waals surface area contributed by atoms with Crippen LogP contribution in [0.4, 0.5) is 0 Å². The molecule has 134 valence electrons. The Morgan fingerprint density at radius 1 is 1.16 bits per heavy atom. The van der Waals surface area contributed by atoms with E-state index in [0.717, 1.165) is 23.7 Å². The van der Waals surface area contributed by atoms with Crippen molar-refractivity contribution in [2.45, 2.75) is 19.9 Å². The number of likely N-dealkylation sites (N-methyl/N-ethyl adjacent to an activating group) is 1. The zero-order valence-electron chi connectivity index (χ0n) is 14.9. The zero-order valence-corrected chi connectivity index (χ0v) is 15.7. The lowest BCUT2D eigenvalue weighted by Gasteiger charge is -2.29. The highest BCUT2D eigenvalue weighted by Gasteiger charge is 2.19. The molecule has 4 nitrogen and oxygen atoms in total. The number of halogens is 1. The molecule has 0 bridgehead atoms. The second kappa shape index (κ2) is 9.44. The van der Waals surface area contributed by atoms with Gasteiger partial charge < -0.3 is 9.84 Å². The summed E-state index contributed by atoms with van der Waals surface area (Å²) in [7, 11) is 1.53. The summed E-state index contributed by atoms with van der Waals surface area (Å²) in [6.07, 6.45) is 1.69. The maximum absolute atomic E-state index is 10.2. The highest BCUT2D eigenvalue weighted by atomic mass is 35.5. The van der Waals surface area contributed by atoms with Crippen LogP contribution in [0.1, 0.15) is 31.0 Å². The first kappa shape index (κ1) is 19.3. The molecule has 0 aliphatic carbocycles. The minimum absolute atomic E-state index is 0.0905. The van der Waals surface area contributed by atoms with Gasteiger partial charge in [0, 0.05) is 16.8 Å². The van der Waals surface area contributed by atoms with Gasteiger partial charge in [-0.3, -0.25) is 9.89 Å². The van der Waals surface area contributed by atoms with E-state index in [1.54, 1.807) is 12.3 Å². The summed E-state index contributed by atoms with van der Waals surface area (Å²) < 4.78 is 5.13. The van der Waals surface area contributed by atoms with Crippen LogP contribution in [0.25, 0.3) is 0 Å². The lowest BCUT2D eigenvalue weighted by atomic mass is 10.0. The SMILES string of the molecule is CCN(CC)[C@H](CN=Cc1cccc(OC)c1O)c1ccccc1Cl. The molecule has 1 atom stereocenters. The number of ether oxygens (including phenoxy) is 1. The van der Waals surface area contributed by atoms with Crippen LogP contribution in [0.15, 0.2) is 47.5 Å². The topological polar surface area (TPSA) is 45.1 Å². The minimum atomic E-state index is 0.0905. The highest BCUT2D eigenvalue weighted by molar-refractivity contribution is 6.31. The third-order valence-corrected chi connectivity index (χ3v) is 4.62. The molecule has 0 saturated heterocycles. The summed E-state index contributed by atoms with van der Waals surface area (Å²) >= 11 is 6.40. The Morgan fingerprint density at radius 3 is 2.52 bits per heavy atom. The maximum atomic E-state index is 10.2. The summed E-state index contributed by atoms with van der Waals surface area (Å²) in [6.45, 7) is 6.64. The first-order chi connectivity index (χ1) is 12.1. The summed E-state index contributed by atoms with van der Waals surface area (Å²) in [5.74, 6) is 0.543. The van der Waals surface area contributed by atoms with E-state index >= 15 is 0 Å². The molecular weight excluding hydrogens is 336 g/mol. The first-order valence-corrected chi connectivity index (χ1v) is 8.84. The quantitative estimate of drug-likeness (QED) is 0.702. The number of hydrogen-bond acceptors (Lipinski definition) is 4. The molecule has 0 amide bonds. The second-order valence-electron chi connectivity index (χ2n) is 5.65. The van der Waals surface area contributed by atoms with Crippen molar-refractivity contribution in [1.82, 2.24) is 4.90 Å². The van der Waals surface area contributed by atoms with Crippen molar-refractivity contribution >= 4 is 17.8 Å². The second-order valence-corrected chi connectivity index (χ2v) is 6.06. The van der Waals surface area contributed by atoms with Crippen LogP contribution < -0.4 is 4.74 Å². The molecular formula is C20H25ClN2O2. The van der Waals surface area contributed by atoms with E-state index in [4.69, 9.17) is 16.3 Å². The van der Waals surface area contributed by atoms with Crippen molar-refractivity contribution in [2.24, 2.45) is 4.99 Å². The monoisotopic (exact) mass is 360 g/mol. The van der Waals surface area contributed by atoms with Gasteiger partial charge in [-0.15, -0.1) is 0 Å². The molecule has 5 heteroatoms. The summed E-state index contributed by atoms with van der Waals surface area (Å²) in [4.78, 5) is 6.90. The van der Waals surface area contributed by atoms with Gasteiger partial charge in [-0.25, -0.2) is 0 Å². The van der Waals surface area contributed by atoms with Crippen molar-refractivity contribution in [3.05, 3.63) is 58.6 Å². The van der Waals surface area contributed by atoms with Gasteiger partial charge in [0.15, 0.2) is 11.5 Å². The molecule has 0 spiro atoms. The predicted molar refractivity (Wildman–Crippen MR) is 104 cm³/mol. The number of hydrogen-bond donors (Lipinski definition) is 1. The number of aromatic hydroxyl groups is 1. The summed E-state index contributed by atoms with van der Waals surface area (Å²) in [6, 6.07) is 13.3. The van der Waals surface area contributed by atoms with Crippen LogP contribution in [0.5, 0.6) is 11.5 Å². The minimum Gasteiger partial charge on any atom is -0.504 e. The van der Waals surface area contributed by atoms with E-state index in [0.29, 0.717) is 17.9 Å². The molecule has 0 heterocycles. The number of benzene rings is 2. The number of aliphatic imine (C=N–C) groups is 1. The van der Waals surface area contributed by atoms with Gasteiger partial charge in [-0.2, -0.15) is 0 Å². The standard InChI is InChI=1S/C20H25ClN2O2/c1-4-23(5-2)18(16-10-6-7-11-17(16)21)14-22-13-15-9-8-12-19(25-3)20(15)24/h6-13,18,24H,4-5,14H2,1-3H3/t18-/m1/s1. The van der Waals surface area contributed by atoms with Crippen LogP contribution in [0.2, 0.25) is 5.02 Å². The van der Waals surface area contributed by atoms with E-state index in [1.165, 1.54) is 7.11 Å². The van der Waals surface area contributed by atoms with Gasteiger partial charge in [0.25, 0.3) is 0 Å². The number of phenols is 1. The van der Waals surface area contributed by atoms with Crippen molar-refractivity contribution in [2.75, 3.05) is 26.7 Å². The molecule has 2 aromatic rings. The van der Waals surface area contributed by atoms with Crippen LogP contribution in [0, 0.1) is 0 Å². The van der Waals surface area contributed by atoms with Crippen molar-refractivity contribution in [3.63, 3.8) is 0 Å². The predicted octanol–water partition coefficient (Wildman–Crippen LogP) is 4.56. The normalized spacial score (nSPS) is 12.7. The number of para-hydroxylation sites is 1. The van der Waals surface area contributed by atoms with Crippen molar-refractivity contribution < 1.29 is 9.84 Å². The van der Waals surface area contributed by atoms with Crippen LogP contribution in [-0.2, 0) is 0 Å². The lowest BCUT2D eigenvalue weighted by molar-refractivity contribution is 0.224. The molecule has 0 aromatic heterocycles. The number of phenolic OH excluding ortho intramolecular Hbond substituents is 1. The molecule has 0 aliphatic rings. The average molecular weight is 361 g/mol. The van der Waals surface area contributed by atoms with E-state index in [-0.39, 0.29) is 11.8 Å². The van der Waals surface area contributed by atoms with E-state index in [1.807, 2.05) is 36.4 Å². The molecule has 0 saturated carbocycles. The Balaban J connectivity index is 2.25. The number of nitrogens with zero attached hydrogens (tertiary/aromatic N) is 2. The number of methoxy groups -OCH3 is 1. The average Bonchev–Trinajstić information content (AvgIpc) is 2.63. The Bertz CT molecular complexity index is 715. The van der Waals surface area contributed by atoms with Gasteiger partial charge in [0.2, 0.25) is 0 Å². The Hall–Kier alpha value is -2.04. The van der Waals surface area contributed by atoms with Crippen LogP contribution in [-0.4, -0.2) is 43.0 Å². The van der Waals surface area contributed by atoms with Crippen LogP contribution >= 0.6 is 11.6 Å². The van der Waals surface area contributed by atoms with Gasteiger partial charge >= 0.3 is 0 Å². The van der Waals surface area contributed by atoms with Crippen molar-refractivity contribution in [1.29, 1.82) is 0 Å². The molecule has 0 fully saturated rings. The van der Waals surface area contributed by atoms with Crippen molar-refractivity contribution in [3.8, 4) is 11.5 Å². The van der Waals surface area contributed by atoms with E-state index < -0.39 is 0 Å². The molecule has 2 aromatic carbocycles. The summed E-state index contributed by atoms with van der Waals surface area (Å²) in [5.41, 5.74) is 1.71. The molecule has 2 rings (SSSR count). The molecule has 25 heavy (non-hydrogen) atoms. The molecule has 0 aliphatic heterocycles.